The third-order valence-corrected chi connectivity index (χ3v) is 4.41. The molecule has 2 unspecified atom stereocenters. The van der Waals surface area contributed by atoms with Gasteiger partial charge in [0.2, 0.25) is 0 Å². The molecular formula is C12H21NOS. The van der Waals surface area contributed by atoms with E-state index in [1.807, 2.05) is 11.8 Å². The number of hydrogen-bond acceptors (Lipinski definition) is 3. The summed E-state index contributed by atoms with van der Waals surface area (Å²) in [4.78, 5) is 14.0. The van der Waals surface area contributed by atoms with Gasteiger partial charge in [0.15, 0.2) is 0 Å². The largest absolute Gasteiger partial charge is 0.300 e. The number of rotatable bonds is 5. The summed E-state index contributed by atoms with van der Waals surface area (Å²) >= 11 is 1.93. The van der Waals surface area contributed by atoms with Crippen LogP contribution in [-0.4, -0.2) is 41.3 Å². The second kappa shape index (κ2) is 5.35. The van der Waals surface area contributed by atoms with E-state index >= 15 is 0 Å². The fourth-order valence-electron chi connectivity index (χ4n) is 2.97. The van der Waals surface area contributed by atoms with Gasteiger partial charge in [0, 0.05) is 24.9 Å². The van der Waals surface area contributed by atoms with Crippen molar-refractivity contribution in [2.75, 3.05) is 18.6 Å². The van der Waals surface area contributed by atoms with Crippen LogP contribution in [-0.2, 0) is 4.79 Å². The van der Waals surface area contributed by atoms with E-state index in [4.69, 9.17) is 0 Å². The predicted molar refractivity (Wildman–Crippen MR) is 65.4 cm³/mol. The molecule has 0 N–H and O–H groups in total. The molecule has 0 aromatic heterocycles. The van der Waals surface area contributed by atoms with Crippen LogP contribution in [0.3, 0.4) is 0 Å². The lowest BCUT2D eigenvalue weighted by molar-refractivity contribution is -0.123. The number of nitrogens with zero attached hydrogens (tertiary/aromatic N) is 1. The molecule has 2 saturated heterocycles. The van der Waals surface area contributed by atoms with Crippen molar-refractivity contribution in [2.45, 2.75) is 50.6 Å². The first-order valence-corrected chi connectivity index (χ1v) is 7.47. The number of ketones is 1. The minimum absolute atomic E-state index is 0.503. The number of carbonyl (C=O) groups is 1. The maximum atomic E-state index is 11.4. The van der Waals surface area contributed by atoms with Crippen molar-refractivity contribution in [3.05, 3.63) is 0 Å². The molecule has 0 amide bonds. The van der Waals surface area contributed by atoms with Crippen LogP contribution in [0.25, 0.3) is 0 Å². The molecule has 0 saturated carbocycles. The molecule has 15 heavy (non-hydrogen) atoms. The van der Waals surface area contributed by atoms with Crippen LogP contribution in [0.2, 0.25) is 0 Å². The summed E-state index contributed by atoms with van der Waals surface area (Å²) in [6, 6.07) is 1.20. The number of unbranched alkanes of at least 4 members (excludes halogenated alkanes) is 1. The van der Waals surface area contributed by atoms with Crippen molar-refractivity contribution < 1.29 is 4.79 Å². The van der Waals surface area contributed by atoms with Gasteiger partial charge in [-0.15, -0.1) is 0 Å². The van der Waals surface area contributed by atoms with Gasteiger partial charge in [-0.2, -0.15) is 11.8 Å². The van der Waals surface area contributed by atoms with E-state index in [1.165, 1.54) is 38.0 Å². The van der Waals surface area contributed by atoms with Crippen LogP contribution in [0, 0.1) is 0 Å². The highest BCUT2D eigenvalue weighted by Crippen LogP contribution is 2.33. The third kappa shape index (κ3) is 2.76. The molecule has 2 aliphatic rings. The maximum Gasteiger partial charge on any atom is 0.136 e. The van der Waals surface area contributed by atoms with E-state index in [1.54, 1.807) is 0 Å². The first-order chi connectivity index (χ1) is 7.31. The van der Waals surface area contributed by atoms with Crippen LogP contribution in [0.5, 0.6) is 0 Å². The lowest BCUT2D eigenvalue weighted by Crippen LogP contribution is -2.43. The molecule has 2 bridgehead atoms. The fraction of sp³-hybridized carbons (Fsp3) is 0.917. The van der Waals surface area contributed by atoms with E-state index in [2.05, 4.69) is 11.2 Å². The van der Waals surface area contributed by atoms with Crippen molar-refractivity contribution in [3.8, 4) is 0 Å². The van der Waals surface area contributed by atoms with Gasteiger partial charge in [-0.05, 0) is 44.2 Å². The molecule has 0 spiro atoms. The number of piperidine rings is 1. The zero-order valence-electron chi connectivity index (χ0n) is 9.58. The van der Waals surface area contributed by atoms with Gasteiger partial charge in [-0.3, -0.25) is 9.69 Å². The highest BCUT2D eigenvalue weighted by molar-refractivity contribution is 7.98. The molecule has 0 aromatic carbocycles. The van der Waals surface area contributed by atoms with Gasteiger partial charge in [0.1, 0.15) is 5.78 Å². The molecule has 2 atom stereocenters. The van der Waals surface area contributed by atoms with Crippen LogP contribution in [0.15, 0.2) is 0 Å². The van der Waals surface area contributed by atoms with Gasteiger partial charge in [-0.1, -0.05) is 0 Å². The summed E-state index contributed by atoms with van der Waals surface area (Å²) in [5.41, 5.74) is 0. The van der Waals surface area contributed by atoms with Gasteiger partial charge >= 0.3 is 0 Å². The number of carbonyl (C=O) groups excluding carboxylic acids is 1. The molecule has 0 radical (unpaired) electrons. The first-order valence-electron chi connectivity index (χ1n) is 6.07. The smallest absolute Gasteiger partial charge is 0.136 e. The van der Waals surface area contributed by atoms with Gasteiger partial charge in [-0.25, -0.2) is 0 Å². The molecule has 3 heteroatoms. The van der Waals surface area contributed by atoms with E-state index in [9.17, 15) is 4.79 Å². The van der Waals surface area contributed by atoms with Gasteiger partial charge < -0.3 is 0 Å². The maximum absolute atomic E-state index is 11.4. The summed E-state index contributed by atoms with van der Waals surface area (Å²) < 4.78 is 0. The topological polar surface area (TPSA) is 20.3 Å². The Morgan fingerprint density at radius 3 is 2.53 bits per heavy atom. The van der Waals surface area contributed by atoms with Crippen LogP contribution >= 0.6 is 11.8 Å². The monoisotopic (exact) mass is 227 g/mol. The molecule has 0 aliphatic carbocycles. The van der Waals surface area contributed by atoms with E-state index in [0.717, 1.165) is 12.8 Å². The average molecular weight is 227 g/mol. The first kappa shape index (κ1) is 11.5. The Balaban J connectivity index is 1.76. The molecule has 2 aliphatic heterocycles. The molecule has 2 nitrogen and oxygen atoms in total. The Morgan fingerprint density at radius 1 is 1.27 bits per heavy atom. The highest BCUT2D eigenvalue weighted by atomic mass is 32.2. The fourth-order valence-corrected chi connectivity index (χ4v) is 3.46. The summed E-state index contributed by atoms with van der Waals surface area (Å²) in [5.74, 6) is 1.78. The molecule has 2 heterocycles. The quantitative estimate of drug-likeness (QED) is 0.672. The normalized spacial score (nSPS) is 31.1. The standard InChI is InChI=1S/C12H21NOS/c1-15-7-3-2-6-13-10-4-5-11(13)9-12(14)8-10/h10-11H,2-9H2,1H3. The third-order valence-electron chi connectivity index (χ3n) is 3.71. The second-order valence-corrected chi connectivity index (χ2v) is 5.76. The lowest BCUT2D eigenvalue weighted by atomic mass is 10.0. The molecule has 2 fully saturated rings. The summed E-state index contributed by atoms with van der Waals surface area (Å²) in [6.07, 6.45) is 8.99. The number of Topliss-reactive ketones (excluding diaryl/α,β-unsaturated/α-hetero) is 1. The van der Waals surface area contributed by atoms with E-state index in [0.29, 0.717) is 17.9 Å². The van der Waals surface area contributed by atoms with E-state index < -0.39 is 0 Å². The zero-order valence-corrected chi connectivity index (χ0v) is 10.4. The van der Waals surface area contributed by atoms with Crippen molar-refractivity contribution in [3.63, 3.8) is 0 Å². The Hall–Kier alpha value is -0.0200. The van der Waals surface area contributed by atoms with Crippen LogP contribution in [0.4, 0.5) is 0 Å². The Kier molecular flexibility index (Phi) is 4.09. The minimum Gasteiger partial charge on any atom is -0.300 e. The highest BCUT2D eigenvalue weighted by Gasteiger charge is 2.39. The van der Waals surface area contributed by atoms with Gasteiger partial charge in [0.05, 0.1) is 0 Å². The summed E-state index contributed by atoms with van der Waals surface area (Å²) in [7, 11) is 0. The number of thioether (sulfide) groups is 1. The average Bonchev–Trinajstić information content (AvgIpc) is 2.46. The summed E-state index contributed by atoms with van der Waals surface area (Å²) in [6.45, 7) is 1.23. The van der Waals surface area contributed by atoms with E-state index in [-0.39, 0.29) is 0 Å². The molecule has 86 valence electrons. The van der Waals surface area contributed by atoms with Gasteiger partial charge in [0.25, 0.3) is 0 Å². The Morgan fingerprint density at radius 2 is 1.93 bits per heavy atom. The molecular weight excluding hydrogens is 206 g/mol. The van der Waals surface area contributed by atoms with Crippen molar-refractivity contribution in [2.24, 2.45) is 0 Å². The molecule has 2 rings (SSSR count). The zero-order chi connectivity index (χ0) is 10.7. The number of hydrogen-bond donors (Lipinski definition) is 0. The Bertz CT molecular complexity index is 216. The molecule has 0 aromatic rings. The second-order valence-electron chi connectivity index (χ2n) is 4.77. The number of fused-ring (bicyclic) bond motifs is 2. The Labute approximate surface area is 96.8 Å². The van der Waals surface area contributed by atoms with Crippen molar-refractivity contribution in [1.82, 2.24) is 4.90 Å². The lowest BCUT2D eigenvalue weighted by Gasteiger charge is -2.33. The predicted octanol–water partition coefficient (Wildman–Crippen LogP) is 2.33. The van der Waals surface area contributed by atoms with Crippen LogP contribution < -0.4 is 0 Å². The minimum atomic E-state index is 0.503. The van der Waals surface area contributed by atoms with Crippen molar-refractivity contribution in [1.29, 1.82) is 0 Å². The van der Waals surface area contributed by atoms with Crippen molar-refractivity contribution >= 4 is 17.5 Å². The summed E-state index contributed by atoms with van der Waals surface area (Å²) in [5, 5.41) is 0. The van der Waals surface area contributed by atoms with Crippen LogP contribution in [0.1, 0.15) is 38.5 Å². The SMILES string of the molecule is CSCCCCN1C2CCC1CC(=O)C2.